The van der Waals surface area contributed by atoms with Gasteiger partial charge in [-0.15, -0.1) is 0 Å². The number of hydrogen-bond donors (Lipinski definition) is 2. The average molecular weight is 265 g/mol. The summed E-state index contributed by atoms with van der Waals surface area (Å²) in [6.45, 7) is 1.96. The first-order chi connectivity index (χ1) is 8.99. The fourth-order valence-corrected chi connectivity index (χ4v) is 1.41. The molecule has 0 saturated heterocycles. The van der Waals surface area contributed by atoms with E-state index in [1.165, 1.54) is 30.1 Å². The van der Waals surface area contributed by atoms with Crippen LogP contribution >= 0.6 is 0 Å². The molecule has 0 aromatic carbocycles. The predicted octanol–water partition coefficient (Wildman–Crippen LogP) is -0.0121. The SMILES string of the molecule is CCN(CC(=O)NC)C(=O)c1cccc(C(=O)O)n1. The molecular formula is C12H15N3O4. The maximum atomic E-state index is 12.1. The minimum atomic E-state index is -1.20. The van der Waals surface area contributed by atoms with E-state index in [1.807, 2.05) is 0 Å². The van der Waals surface area contributed by atoms with Crippen LogP contribution in [0.5, 0.6) is 0 Å². The Kier molecular flexibility index (Phi) is 4.99. The lowest BCUT2D eigenvalue weighted by molar-refractivity contribution is -0.121. The molecule has 2 amide bonds. The summed E-state index contributed by atoms with van der Waals surface area (Å²) in [6.07, 6.45) is 0. The smallest absolute Gasteiger partial charge is 0.354 e. The molecule has 0 aliphatic heterocycles. The van der Waals surface area contributed by atoms with Crippen LogP contribution < -0.4 is 5.32 Å². The van der Waals surface area contributed by atoms with Gasteiger partial charge in [-0.05, 0) is 19.1 Å². The van der Waals surface area contributed by atoms with Crippen molar-refractivity contribution in [3.8, 4) is 0 Å². The molecule has 1 rings (SSSR count). The zero-order chi connectivity index (χ0) is 14.4. The quantitative estimate of drug-likeness (QED) is 0.780. The molecule has 1 heterocycles. The number of carboxylic acids is 1. The number of carbonyl (C=O) groups is 3. The molecule has 19 heavy (non-hydrogen) atoms. The molecule has 7 heteroatoms. The standard InChI is InChI=1S/C12H15N3O4/c1-3-15(7-10(16)13-2)11(17)8-5-4-6-9(14-8)12(18)19/h4-6H,3,7H2,1-2H3,(H,13,16)(H,18,19). The summed E-state index contributed by atoms with van der Waals surface area (Å²) in [6, 6.07) is 4.16. The Labute approximate surface area is 110 Å². The van der Waals surface area contributed by atoms with Crippen molar-refractivity contribution in [1.82, 2.24) is 15.2 Å². The second-order valence-electron chi connectivity index (χ2n) is 3.71. The number of carboxylic acid groups (broad SMARTS) is 1. The number of amides is 2. The molecular weight excluding hydrogens is 250 g/mol. The third-order valence-corrected chi connectivity index (χ3v) is 2.47. The van der Waals surface area contributed by atoms with Crippen LogP contribution in [0.2, 0.25) is 0 Å². The zero-order valence-electron chi connectivity index (χ0n) is 10.7. The Hall–Kier alpha value is -2.44. The van der Waals surface area contributed by atoms with Gasteiger partial charge >= 0.3 is 5.97 Å². The largest absolute Gasteiger partial charge is 0.477 e. The fraction of sp³-hybridized carbons (Fsp3) is 0.333. The van der Waals surface area contributed by atoms with Crippen molar-refractivity contribution in [2.24, 2.45) is 0 Å². The number of nitrogens with one attached hydrogen (secondary N) is 1. The first-order valence-electron chi connectivity index (χ1n) is 5.69. The van der Waals surface area contributed by atoms with E-state index in [4.69, 9.17) is 5.11 Å². The first kappa shape index (κ1) is 14.6. The van der Waals surface area contributed by atoms with Crippen molar-refractivity contribution in [1.29, 1.82) is 0 Å². The number of pyridine rings is 1. The van der Waals surface area contributed by atoms with Crippen LogP contribution in [0.4, 0.5) is 0 Å². The van der Waals surface area contributed by atoms with Crippen LogP contribution in [-0.2, 0) is 4.79 Å². The van der Waals surface area contributed by atoms with Gasteiger partial charge in [0.1, 0.15) is 11.4 Å². The Morgan fingerprint density at radius 3 is 2.47 bits per heavy atom. The van der Waals surface area contributed by atoms with Crippen molar-refractivity contribution in [2.75, 3.05) is 20.1 Å². The predicted molar refractivity (Wildman–Crippen MR) is 66.8 cm³/mol. The summed E-state index contributed by atoms with van der Waals surface area (Å²) in [5.41, 5.74) is -0.201. The second-order valence-corrected chi connectivity index (χ2v) is 3.71. The van der Waals surface area contributed by atoms with Gasteiger partial charge in [0, 0.05) is 13.6 Å². The molecule has 0 spiro atoms. The van der Waals surface area contributed by atoms with Gasteiger partial charge in [-0.25, -0.2) is 9.78 Å². The van der Waals surface area contributed by atoms with E-state index in [1.54, 1.807) is 6.92 Å². The number of hydrogen-bond acceptors (Lipinski definition) is 4. The topological polar surface area (TPSA) is 99.6 Å². The summed E-state index contributed by atoms with van der Waals surface area (Å²) < 4.78 is 0. The highest BCUT2D eigenvalue weighted by atomic mass is 16.4. The van der Waals surface area contributed by atoms with E-state index in [0.29, 0.717) is 6.54 Å². The first-order valence-corrected chi connectivity index (χ1v) is 5.69. The van der Waals surface area contributed by atoms with Gasteiger partial charge in [-0.3, -0.25) is 9.59 Å². The third kappa shape index (κ3) is 3.77. The van der Waals surface area contributed by atoms with Crippen LogP contribution in [0.1, 0.15) is 27.9 Å². The normalized spacial score (nSPS) is 9.79. The third-order valence-electron chi connectivity index (χ3n) is 2.47. The van der Waals surface area contributed by atoms with Crippen LogP contribution in [0, 0.1) is 0 Å². The number of nitrogens with zero attached hydrogens (tertiary/aromatic N) is 2. The average Bonchev–Trinajstić information content (AvgIpc) is 2.43. The number of likely N-dealkylation sites (N-methyl/N-ethyl adjacent to an activating group) is 2. The molecule has 0 saturated carbocycles. The minimum absolute atomic E-state index is 0.00523. The molecule has 0 radical (unpaired) electrons. The van der Waals surface area contributed by atoms with Gasteiger partial charge < -0.3 is 15.3 Å². The summed E-state index contributed by atoms with van der Waals surface area (Å²) in [4.78, 5) is 39.2. The molecule has 0 aliphatic rings. The van der Waals surface area contributed by atoms with E-state index >= 15 is 0 Å². The van der Waals surface area contributed by atoms with Gasteiger partial charge in [0.05, 0.1) is 6.54 Å². The Balaban J connectivity index is 2.94. The Bertz CT molecular complexity index is 502. The molecule has 0 bridgehead atoms. The van der Waals surface area contributed by atoms with Crippen molar-refractivity contribution >= 4 is 17.8 Å². The van der Waals surface area contributed by atoms with Crippen LogP contribution in [0.25, 0.3) is 0 Å². The lowest BCUT2D eigenvalue weighted by Crippen LogP contribution is -2.39. The summed E-state index contributed by atoms with van der Waals surface area (Å²) in [5, 5.41) is 11.2. The second kappa shape index (κ2) is 6.48. The maximum absolute atomic E-state index is 12.1. The molecule has 0 aliphatic carbocycles. The highest BCUT2D eigenvalue weighted by Crippen LogP contribution is 2.04. The Morgan fingerprint density at radius 2 is 1.95 bits per heavy atom. The van der Waals surface area contributed by atoms with Crippen LogP contribution in [0.15, 0.2) is 18.2 Å². The van der Waals surface area contributed by atoms with E-state index in [0.717, 1.165) is 0 Å². The summed E-state index contributed by atoms with van der Waals surface area (Å²) in [5.74, 6) is -1.98. The molecule has 2 N–H and O–H groups in total. The van der Waals surface area contributed by atoms with Crippen molar-refractivity contribution in [2.45, 2.75) is 6.92 Å². The Morgan fingerprint density at radius 1 is 1.32 bits per heavy atom. The van der Waals surface area contributed by atoms with E-state index in [-0.39, 0.29) is 23.8 Å². The molecule has 0 atom stereocenters. The summed E-state index contributed by atoms with van der Waals surface area (Å²) in [7, 11) is 1.48. The highest BCUT2D eigenvalue weighted by molar-refractivity contribution is 5.96. The maximum Gasteiger partial charge on any atom is 0.354 e. The molecule has 0 unspecified atom stereocenters. The minimum Gasteiger partial charge on any atom is -0.477 e. The van der Waals surface area contributed by atoms with Crippen molar-refractivity contribution in [3.63, 3.8) is 0 Å². The zero-order valence-corrected chi connectivity index (χ0v) is 10.7. The van der Waals surface area contributed by atoms with E-state index in [2.05, 4.69) is 10.3 Å². The van der Waals surface area contributed by atoms with Gasteiger partial charge in [0.2, 0.25) is 5.91 Å². The number of rotatable bonds is 5. The lowest BCUT2D eigenvalue weighted by Gasteiger charge is -2.19. The molecule has 1 aromatic rings. The summed E-state index contributed by atoms with van der Waals surface area (Å²) >= 11 is 0. The van der Waals surface area contributed by atoms with Gasteiger partial charge in [0.25, 0.3) is 5.91 Å². The van der Waals surface area contributed by atoms with Crippen LogP contribution in [0.3, 0.4) is 0 Å². The van der Waals surface area contributed by atoms with Gasteiger partial charge in [-0.1, -0.05) is 6.07 Å². The molecule has 7 nitrogen and oxygen atoms in total. The highest BCUT2D eigenvalue weighted by Gasteiger charge is 2.19. The molecule has 1 aromatic heterocycles. The van der Waals surface area contributed by atoms with E-state index < -0.39 is 11.9 Å². The molecule has 102 valence electrons. The number of aromatic nitrogens is 1. The van der Waals surface area contributed by atoms with Gasteiger partial charge in [0.15, 0.2) is 0 Å². The van der Waals surface area contributed by atoms with E-state index in [9.17, 15) is 14.4 Å². The van der Waals surface area contributed by atoms with Crippen molar-refractivity contribution < 1.29 is 19.5 Å². The number of carbonyl (C=O) groups excluding carboxylic acids is 2. The fourth-order valence-electron chi connectivity index (χ4n) is 1.41. The van der Waals surface area contributed by atoms with Crippen LogP contribution in [-0.4, -0.2) is 52.9 Å². The molecule has 0 fully saturated rings. The lowest BCUT2D eigenvalue weighted by atomic mass is 10.2. The monoisotopic (exact) mass is 265 g/mol. The number of aromatic carboxylic acids is 1. The van der Waals surface area contributed by atoms with Gasteiger partial charge in [-0.2, -0.15) is 0 Å². The van der Waals surface area contributed by atoms with Crippen molar-refractivity contribution in [3.05, 3.63) is 29.6 Å².